The van der Waals surface area contributed by atoms with Crippen molar-refractivity contribution in [2.45, 2.75) is 64.6 Å². The fraction of sp³-hybridized carbons (Fsp3) is 0.440. The van der Waals surface area contributed by atoms with Crippen molar-refractivity contribution >= 4 is 39.1 Å². The number of carbonyl (C=O) groups is 2. The predicted octanol–water partition coefficient (Wildman–Crippen LogP) is 5.13. The molecular weight excluding hydrogens is 406 g/mol. The van der Waals surface area contributed by atoms with Gasteiger partial charge in [0.25, 0.3) is 5.91 Å². The minimum absolute atomic E-state index is 0.0668. The average Bonchev–Trinajstić information content (AvgIpc) is 3.33. The minimum Gasteiger partial charge on any atom is -0.351 e. The summed E-state index contributed by atoms with van der Waals surface area (Å²) in [6, 6.07) is 12.1. The number of hydrogen-bond donors (Lipinski definition) is 1. The Balaban J connectivity index is 1.59. The summed E-state index contributed by atoms with van der Waals surface area (Å²) in [5, 5.41) is 5.37. The fourth-order valence-electron chi connectivity index (χ4n) is 5.17. The molecule has 3 aromatic rings. The van der Waals surface area contributed by atoms with Crippen LogP contribution >= 0.6 is 11.3 Å². The summed E-state index contributed by atoms with van der Waals surface area (Å²) in [7, 11) is 0. The highest BCUT2D eigenvalue weighted by atomic mass is 32.1. The van der Waals surface area contributed by atoms with Crippen molar-refractivity contribution in [3.63, 3.8) is 0 Å². The summed E-state index contributed by atoms with van der Waals surface area (Å²) in [6.07, 6.45) is 4.51. The van der Waals surface area contributed by atoms with Crippen molar-refractivity contribution in [1.82, 2.24) is 9.88 Å². The van der Waals surface area contributed by atoms with Crippen molar-refractivity contribution < 1.29 is 9.59 Å². The smallest absolute Gasteiger partial charge is 0.275 e. The first-order valence-corrected chi connectivity index (χ1v) is 12.1. The number of carbonyl (C=O) groups excluding carboxylic acids is 2. The van der Waals surface area contributed by atoms with E-state index in [4.69, 9.17) is 0 Å². The number of hydrogen-bond acceptors (Lipinski definition) is 3. The molecule has 3 heterocycles. The van der Waals surface area contributed by atoms with Crippen LogP contribution in [0.15, 0.2) is 41.8 Å². The van der Waals surface area contributed by atoms with Crippen LogP contribution in [0.4, 0.5) is 5.69 Å². The topological polar surface area (TPSA) is 54.3 Å². The molecule has 0 radical (unpaired) electrons. The van der Waals surface area contributed by atoms with E-state index in [-0.39, 0.29) is 17.9 Å². The van der Waals surface area contributed by atoms with Crippen LogP contribution in [0.3, 0.4) is 0 Å². The van der Waals surface area contributed by atoms with E-state index in [0.29, 0.717) is 18.2 Å². The molecule has 5 nitrogen and oxygen atoms in total. The molecule has 2 aromatic heterocycles. The van der Waals surface area contributed by atoms with E-state index < -0.39 is 5.54 Å². The highest BCUT2D eigenvalue weighted by Crippen LogP contribution is 2.37. The molecule has 162 valence electrons. The van der Waals surface area contributed by atoms with Gasteiger partial charge in [0.2, 0.25) is 5.91 Å². The fourth-order valence-corrected chi connectivity index (χ4v) is 5.99. The highest BCUT2D eigenvalue weighted by molar-refractivity contribution is 7.17. The first kappa shape index (κ1) is 20.3. The standard InChI is InChI=1S/C25H29N3O2S/c1-16-8-10-18(11-9-16)28-23(29)21-14-22-20(12-13-31-22)27(21)15-25(28,3)24(30)26-19-7-5-4-6-17(19)2/h8-14,17,19H,4-7,15H2,1-3H3,(H,26,30)/t17-,19+,25-/m1/s1. The van der Waals surface area contributed by atoms with Gasteiger partial charge in [-0.05, 0) is 62.3 Å². The molecule has 2 aliphatic rings. The van der Waals surface area contributed by atoms with Crippen LogP contribution in [0.2, 0.25) is 0 Å². The third kappa shape index (κ3) is 3.28. The average molecular weight is 436 g/mol. The van der Waals surface area contributed by atoms with E-state index in [1.165, 1.54) is 6.42 Å². The van der Waals surface area contributed by atoms with Gasteiger partial charge in [-0.15, -0.1) is 11.3 Å². The second-order valence-corrected chi connectivity index (χ2v) is 10.3. The number of anilines is 1. The Bertz CT molecular complexity index is 1150. The van der Waals surface area contributed by atoms with Gasteiger partial charge in [-0.1, -0.05) is 37.5 Å². The Morgan fingerprint density at radius 1 is 1.16 bits per heavy atom. The number of nitrogens with one attached hydrogen (secondary N) is 1. The number of benzene rings is 1. The Kier molecular flexibility index (Phi) is 4.93. The molecule has 1 saturated carbocycles. The predicted molar refractivity (Wildman–Crippen MR) is 126 cm³/mol. The molecule has 3 atom stereocenters. The molecule has 5 rings (SSSR count). The normalized spacial score (nSPS) is 26.2. The molecule has 0 bridgehead atoms. The van der Waals surface area contributed by atoms with E-state index in [1.54, 1.807) is 16.2 Å². The van der Waals surface area contributed by atoms with Crippen molar-refractivity contribution in [2.24, 2.45) is 5.92 Å². The summed E-state index contributed by atoms with van der Waals surface area (Å²) >= 11 is 1.63. The second-order valence-electron chi connectivity index (χ2n) is 9.38. The molecule has 0 saturated heterocycles. The lowest BCUT2D eigenvalue weighted by Gasteiger charge is -2.45. The largest absolute Gasteiger partial charge is 0.351 e. The van der Waals surface area contributed by atoms with Crippen LogP contribution in [0.25, 0.3) is 10.2 Å². The van der Waals surface area contributed by atoms with Gasteiger partial charge < -0.3 is 9.88 Å². The molecule has 1 N–H and O–H groups in total. The Hall–Kier alpha value is -2.60. The van der Waals surface area contributed by atoms with Crippen LogP contribution in [0, 0.1) is 12.8 Å². The van der Waals surface area contributed by atoms with Crippen molar-refractivity contribution in [3.05, 3.63) is 53.0 Å². The lowest BCUT2D eigenvalue weighted by atomic mass is 9.84. The van der Waals surface area contributed by atoms with Gasteiger partial charge in [0, 0.05) is 11.7 Å². The zero-order valence-electron chi connectivity index (χ0n) is 18.4. The first-order valence-electron chi connectivity index (χ1n) is 11.2. The molecule has 1 fully saturated rings. The number of aromatic nitrogens is 1. The lowest BCUT2D eigenvalue weighted by molar-refractivity contribution is -0.127. The Labute approximate surface area is 187 Å². The summed E-state index contributed by atoms with van der Waals surface area (Å²) in [5.74, 6) is 0.273. The number of thiophene rings is 1. The maximum absolute atomic E-state index is 13.8. The molecule has 0 spiro atoms. The highest BCUT2D eigenvalue weighted by Gasteiger charge is 2.49. The Morgan fingerprint density at radius 2 is 1.90 bits per heavy atom. The van der Waals surface area contributed by atoms with Crippen molar-refractivity contribution in [3.8, 4) is 0 Å². The van der Waals surface area contributed by atoms with E-state index in [2.05, 4.69) is 12.2 Å². The monoisotopic (exact) mass is 435 g/mol. The minimum atomic E-state index is -1.01. The van der Waals surface area contributed by atoms with Gasteiger partial charge in [-0.3, -0.25) is 14.5 Å². The SMILES string of the molecule is Cc1ccc(N2C(=O)c3cc4sccc4n3C[C@]2(C)C(=O)N[C@H]2CCCC[C@H]2C)cc1. The summed E-state index contributed by atoms with van der Waals surface area (Å²) < 4.78 is 3.11. The van der Waals surface area contributed by atoms with Gasteiger partial charge in [0.1, 0.15) is 11.2 Å². The molecule has 1 aromatic carbocycles. The van der Waals surface area contributed by atoms with E-state index in [0.717, 1.165) is 40.7 Å². The van der Waals surface area contributed by atoms with Gasteiger partial charge >= 0.3 is 0 Å². The van der Waals surface area contributed by atoms with Crippen molar-refractivity contribution in [1.29, 1.82) is 0 Å². The molecule has 31 heavy (non-hydrogen) atoms. The van der Waals surface area contributed by atoms with Crippen LogP contribution in [-0.2, 0) is 11.3 Å². The molecule has 0 unspecified atom stereocenters. The van der Waals surface area contributed by atoms with E-state index >= 15 is 0 Å². The summed E-state index contributed by atoms with van der Waals surface area (Å²) in [6.45, 7) is 6.59. The number of rotatable bonds is 3. The molecule has 6 heteroatoms. The van der Waals surface area contributed by atoms with Gasteiger partial charge in [-0.2, -0.15) is 0 Å². The quantitative estimate of drug-likeness (QED) is 0.620. The van der Waals surface area contributed by atoms with E-state index in [1.807, 2.05) is 60.2 Å². The number of fused-ring (bicyclic) bond motifs is 3. The van der Waals surface area contributed by atoms with Crippen LogP contribution in [-0.4, -0.2) is 28.0 Å². The zero-order chi connectivity index (χ0) is 21.8. The maximum atomic E-state index is 13.8. The molecular formula is C25H29N3O2S. The third-order valence-electron chi connectivity index (χ3n) is 7.11. The zero-order valence-corrected chi connectivity index (χ0v) is 19.2. The maximum Gasteiger partial charge on any atom is 0.275 e. The summed E-state index contributed by atoms with van der Waals surface area (Å²) in [4.78, 5) is 29.3. The second kappa shape index (κ2) is 7.52. The molecule has 2 amide bonds. The molecule has 1 aliphatic heterocycles. The molecule has 1 aliphatic carbocycles. The number of aryl methyl sites for hydroxylation is 1. The van der Waals surface area contributed by atoms with Crippen molar-refractivity contribution in [2.75, 3.05) is 4.90 Å². The lowest BCUT2D eigenvalue weighted by Crippen LogP contribution is -2.65. The van der Waals surface area contributed by atoms with Crippen LogP contribution < -0.4 is 10.2 Å². The van der Waals surface area contributed by atoms with Gasteiger partial charge in [0.15, 0.2) is 0 Å². The van der Waals surface area contributed by atoms with E-state index in [9.17, 15) is 9.59 Å². The van der Waals surface area contributed by atoms with Gasteiger partial charge in [0.05, 0.1) is 16.8 Å². The van der Waals surface area contributed by atoms with Gasteiger partial charge in [-0.25, -0.2) is 0 Å². The summed E-state index contributed by atoms with van der Waals surface area (Å²) in [5.41, 5.74) is 2.56. The Morgan fingerprint density at radius 3 is 2.65 bits per heavy atom. The third-order valence-corrected chi connectivity index (χ3v) is 7.97. The van der Waals surface area contributed by atoms with Crippen LogP contribution in [0.1, 0.15) is 55.6 Å². The number of amides is 2. The van der Waals surface area contributed by atoms with Crippen LogP contribution in [0.5, 0.6) is 0 Å². The first-order chi connectivity index (χ1) is 14.9. The number of nitrogens with zero attached hydrogens (tertiary/aromatic N) is 2.